The molecule has 0 aliphatic heterocycles. The predicted octanol–water partition coefficient (Wildman–Crippen LogP) is 4.61. The minimum absolute atomic E-state index is 0.998. The molecule has 1 aromatic heterocycles. The molecule has 1 heterocycles. The zero-order valence-corrected chi connectivity index (χ0v) is 15.1. The number of hydrogen-bond donors (Lipinski definition) is 0. The van der Waals surface area contributed by atoms with E-state index in [0.29, 0.717) is 0 Å². The van der Waals surface area contributed by atoms with E-state index in [9.17, 15) is 0 Å². The number of aryl methyl sites for hydroxylation is 2. The van der Waals surface area contributed by atoms with E-state index >= 15 is 0 Å². The van der Waals surface area contributed by atoms with E-state index < -0.39 is 0 Å². The van der Waals surface area contributed by atoms with E-state index in [-0.39, 0.29) is 0 Å². The largest absolute Gasteiger partial charge is 0.496 e. The lowest BCUT2D eigenvalue weighted by molar-refractivity contribution is 0.296. The highest BCUT2D eigenvalue weighted by molar-refractivity contribution is 5.84. The summed E-state index contributed by atoms with van der Waals surface area (Å²) in [6.45, 7) is 10.1. The van der Waals surface area contributed by atoms with Crippen molar-refractivity contribution in [1.82, 2.24) is 9.88 Å². The molecule has 126 valence electrons. The van der Waals surface area contributed by atoms with Crippen LogP contribution >= 0.6 is 0 Å². The molecule has 0 fully saturated rings. The lowest BCUT2D eigenvalue weighted by atomic mass is 10.0. The van der Waals surface area contributed by atoms with Gasteiger partial charge in [0.15, 0.2) is 0 Å². The first-order valence-electron chi connectivity index (χ1n) is 8.84. The van der Waals surface area contributed by atoms with Crippen LogP contribution in [-0.4, -0.2) is 36.6 Å². The lowest BCUT2D eigenvalue weighted by Crippen LogP contribution is -2.23. The zero-order chi connectivity index (χ0) is 16.7. The Hall–Kier alpha value is -1.61. The van der Waals surface area contributed by atoms with Crippen LogP contribution in [0.5, 0.6) is 5.75 Å². The molecule has 23 heavy (non-hydrogen) atoms. The number of hydrogen-bond acceptors (Lipinski definition) is 3. The van der Waals surface area contributed by atoms with Gasteiger partial charge in [0.2, 0.25) is 0 Å². The molecular weight excluding hydrogens is 284 g/mol. The molecule has 0 aliphatic rings. The highest BCUT2D eigenvalue weighted by Gasteiger charge is 2.08. The number of unbranched alkanes of at least 4 members (excludes halogenated alkanes) is 2. The number of rotatable bonds is 9. The summed E-state index contributed by atoms with van der Waals surface area (Å²) in [5.41, 5.74) is 3.60. The molecule has 0 atom stereocenters. The van der Waals surface area contributed by atoms with Crippen LogP contribution in [0.3, 0.4) is 0 Å². The van der Waals surface area contributed by atoms with E-state index in [1.54, 1.807) is 7.11 Å². The Morgan fingerprint density at radius 2 is 1.87 bits per heavy atom. The molecule has 2 rings (SSSR count). The fourth-order valence-corrected chi connectivity index (χ4v) is 3.11. The summed E-state index contributed by atoms with van der Waals surface area (Å²) >= 11 is 0. The molecule has 0 aliphatic carbocycles. The van der Waals surface area contributed by atoms with Crippen LogP contribution in [0.2, 0.25) is 0 Å². The number of fused-ring (bicyclic) bond motifs is 1. The number of pyridine rings is 1. The van der Waals surface area contributed by atoms with Crippen molar-refractivity contribution >= 4 is 10.9 Å². The monoisotopic (exact) mass is 314 g/mol. The van der Waals surface area contributed by atoms with Crippen LogP contribution in [0.15, 0.2) is 24.4 Å². The van der Waals surface area contributed by atoms with Crippen molar-refractivity contribution in [2.24, 2.45) is 0 Å². The van der Waals surface area contributed by atoms with Gasteiger partial charge >= 0.3 is 0 Å². The summed E-state index contributed by atoms with van der Waals surface area (Å²) in [6.07, 6.45) is 6.69. The van der Waals surface area contributed by atoms with Crippen molar-refractivity contribution in [1.29, 1.82) is 0 Å². The third-order valence-corrected chi connectivity index (χ3v) is 4.68. The Bertz CT molecular complexity index is 620. The summed E-state index contributed by atoms with van der Waals surface area (Å²) in [7, 11) is 1.76. The highest BCUT2D eigenvalue weighted by atomic mass is 16.5. The van der Waals surface area contributed by atoms with Gasteiger partial charge in [0.05, 0.1) is 12.6 Å². The Kier molecular flexibility index (Phi) is 6.85. The molecular formula is C20H30N2O. The maximum Gasteiger partial charge on any atom is 0.122 e. The standard InChI is InChI=1S/C20H30N2O/c1-5-22(6-2)13-9-7-8-10-17-14-19-18(15-20(17)23-4)16(3)11-12-21-19/h11-12,14-15H,5-10,13H2,1-4H3. The van der Waals surface area contributed by atoms with Gasteiger partial charge in [0.25, 0.3) is 0 Å². The molecule has 0 unspecified atom stereocenters. The Morgan fingerprint density at radius 1 is 1.09 bits per heavy atom. The van der Waals surface area contributed by atoms with Crippen molar-refractivity contribution in [3.8, 4) is 5.75 Å². The second-order valence-electron chi connectivity index (χ2n) is 6.15. The van der Waals surface area contributed by atoms with Gasteiger partial charge in [0, 0.05) is 11.6 Å². The molecule has 0 bridgehead atoms. The van der Waals surface area contributed by atoms with Crippen molar-refractivity contribution in [3.05, 3.63) is 35.5 Å². The van der Waals surface area contributed by atoms with Gasteiger partial charge in [-0.2, -0.15) is 0 Å². The first kappa shape index (κ1) is 17.7. The van der Waals surface area contributed by atoms with Crippen LogP contribution in [0.1, 0.15) is 44.2 Å². The van der Waals surface area contributed by atoms with Crippen molar-refractivity contribution in [2.45, 2.75) is 46.5 Å². The molecule has 0 saturated carbocycles. The third-order valence-electron chi connectivity index (χ3n) is 4.68. The van der Waals surface area contributed by atoms with Crippen LogP contribution < -0.4 is 4.74 Å². The van der Waals surface area contributed by atoms with Gasteiger partial charge in [-0.3, -0.25) is 4.98 Å². The van der Waals surface area contributed by atoms with E-state index in [0.717, 1.165) is 30.8 Å². The topological polar surface area (TPSA) is 25.4 Å². The smallest absolute Gasteiger partial charge is 0.122 e. The second-order valence-corrected chi connectivity index (χ2v) is 6.15. The summed E-state index contributed by atoms with van der Waals surface area (Å²) < 4.78 is 5.60. The minimum atomic E-state index is 0.998. The number of aromatic nitrogens is 1. The Balaban J connectivity index is 1.97. The normalized spacial score (nSPS) is 11.3. The van der Waals surface area contributed by atoms with Crippen molar-refractivity contribution < 1.29 is 4.74 Å². The van der Waals surface area contributed by atoms with Gasteiger partial charge < -0.3 is 9.64 Å². The van der Waals surface area contributed by atoms with E-state index in [2.05, 4.69) is 48.9 Å². The van der Waals surface area contributed by atoms with Gasteiger partial charge in [-0.05, 0) is 75.1 Å². The molecule has 2 aromatic rings. The van der Waals surface area contributed by atoms with Crippen LogP contribution in [0.4, 0.5) is 0 Å². The van der Waals surface area contributed by atoms with Crippen LogP contribution in [0.25, 0.3) is 10.9 Å². The molecule has 0 N–H and O–H groups in total. The van der Waals surface area contributed by atoms with Gasteiger partial charge in [-0.1, -0.05) is 20.3 Å². The van der Waals surface area contributed by atoms with Crippen LogP contribution in [0, 0.1) is 6.92 Å². The predicted molar refractivity (Wildman–Crippen MR) is 98.4 cm³/mol. The summed E-state index contributed by atoms with van der Waals surface area (Å²) in [4.78, 5) is 7.00. The zero-order valence-electron chi connectivity index (χ0n) is 15.1. The number of methoxy groups -OCH3 is 1. The average Bonchev–Trinajstić information content (AvgIpc) is 2.58. The highest BCUT2D eigenvalue weighted by Crippen LogP contribution is 2.28. The number of ether oxygens (including phenoxy) is 1. The van der Waals surface area contributed by atoms with Crippen molar-refractivity contribution in [2.75, 3.05) is 26.7 Å². The fraction of sp³-hybridized carbons (Fsp3) is 0.550. The maximum absolute atomic E-state index is 5.60. The molecule has 3 heteroatoms. The first-order valence-corrected chi connectivity index (χ1v) is 8.84. The van der Waals surface area contributed by atoms with E-state index in [4.69, 9.17) is 4.74 Å². The van der Waals surface area contributed by atoms with E-state index in [1.165, 1.54) is 42.3 Å². The quantitative estimate of drug-likeness (QED) is 0.632. The van der Waals surface area contributed by atoms with Gasteiger partial charge in [-0.15, -0.1) is 0 Å². The molecule has 0 amide bonds. The average molecular weight is 314 g/mol. The molecule has 3 nitrogen and oxygen atoms in total. The fourth-order valence-electron chi connectivity index (χ4n) is 3.11. The molecule has 0 radical (unpaired) electrons. The molecule has 0 saturated heterocycles. The number of benzene rings is 1. The summed E-state index contributed by atoms with van der Waals surface area (Å²) in [5.74, 6) is 0.998. The number of nitrogens with zero attached hydrogens (tertiary/aromatic N) is 2. The molecule has 0 spiro atoms. The second kappa shape index (κ2) is 8.88. The molecule has 1 aromatic carbocycles. The van der Waals surface area contributed by atoms with Crippen LogP contribution in [-0.2, 0) is 6.42 Å². The van der Waals surface area contributed by atoms with Gasteiger partial charge in [0.1, 0.15) is 5.75 Å². The van der Waals surface area contributed by atoms with Gasteiger partial charge in [-0.25, -0.2) is 0 Å². The third kappa shape index (κ3) is 4.68. The Morgan fingerprint density at radius 3 is 2.57 bits per heavy atom. The summed E-state index contributed by atoms with van der Waals surface area (Å²) in [6, 6.07) is 6.39. The minimum Gasteiger partial charge on any atom is -0.496 e. The van der Waals surface area contributed by atoms with E-state index in [1.807, 2.05) is 6.20 Å². The SMILES string of the molecule is CCN(CC)CCCCCc1cc2nccc(C)c2cc1OC. The summed E-state index contributed by atoms with van der Waals surface area (Å²) in [5, 5.41) is 1.19. The maximum atomic E-state index is 5.60. The Labute approximate surface area is 140 Å². The lowest BCUT2D eigenvalue weighted by Gasteiger charge is -2.17. The van der Waals surface area contributed by atoms with Crippen molar-refractivity contribution in [3.63, 3.8) is 0 Å². The first-order chi connectivity index (χ1) is 11.2.